The first-order valence-electron chi connectivity index (χ1n) is 6.77. The summed E-state index contributed by atoms with van der Waals surface area (Å²) in [5, 5.41) is 7.81. The lowest BCUT2D eigenvalue weighted by atomic mass is 10.2. The molecular formula is C15H20N4OS. The summed E-state index contributed by atoms with van der Waals surface area (Å²) < 4.78 is 0. The van der Waals surface area contributed by atoms with E-state index in [0.717, 1.165) is 16.3 Å². The van der Waals surface area contributed by atoms with Gasteiger partial charge in [-0.25, -0.2) is 9.78 Å². The van der Waals surface area contributed by atoms with Gasteiger partial charge in [0.15, 0.2) is 0 Å². The molecule has 0 radical (unpaired) electrons. The van der Waals surface area contributed by atoms with Crippen LogP contribution in [0, 0.1) is 0 Å². The van der Waals surface area contributed by atoms with Gasteiger partial charge in [0.1, 0.15) is 5.82 Å². The average molecular weight is 304 g/mol. The molecule has 0 saturated heterocycles. The molecule has 0 fully saturated rings. The van der Waals surface area contributed by atoms with Gasteiger partial charge in [-0.05, 0) is 24.4 Å². The summed E-state index contributed by atoms with van der Waals surface area (Å²) in [6.07, 6.45) is 1.75. The highest BCUT2D eigenvalue weighted by atomic mass is 32.1. The van der Waals surface area contributed by atoms with Crippen LogP contribution in [-0.4, -0.2) is 25.1 Å². The maximum Gasteiger partial charge on any atom is 0.315 e. The standard InChI is InChI=1S/C15H20N4OS/c1-11(13-7-5-9-21-13)18-15(20)17-10-12-6-4-8-16-14(12)19(2)3/h4-9,11H,10H2,1-3H3,(H2,17,18,20)/t11-/m0/s1. The molecule has 0 aliphatic rings. The van der Waals surface area contributed by atoms with Crippen LogP contribution in [0.2, 0.25) is 0 Å². The van der Waals surface area contributed by atoms with E-state index in [9.17, 15) is 4.79 Å². The average Bonchev–Trinajstić information content (AvgIpc) is 2.99. The Hall–Kier alpha value is -2.08. The van der Waals surface area contributed by atoms with Gasteiger partial charge >= 0.3 is 6.03 Å². The summed E-state index contributed by atoms with van der Waals surface area (Å²) >= 11 is 1.63. The van der Waals surface area contributed by atoms with Crippen molar-refractivity contribution in [3.8, 4) is 0 Å². The van der Waals surface area contributed by atoms with E-state index in [4.69, 9.17) is 0 Å². The molecular weight excluding hydrogens is 284 g/mol. The smallest absolute Gasteiger partial charge is 0.315 e. The first-order chi connectivity index (χ1) is 10.1. The van der Waals surface area contributed by atoms with Crippen molar-refractivity contribution in [1.29, 1.82) is 0 Å². The number of thiophene rings is 1. The third kappa shape index (κ3) is 4.19. The second-order valence-electron chi connectivity index (χ2n) is 4.94. The number of nitrogens with zero attached hydrogens (tertiary/aromatic N) is 2. The van der Waals surface area contributed by atoms with Crippen LogP contribution >= 0.6 is 11.3 Å². The van der Waals surface area contributed by atoms with Gasteiger partial charge in [0.25, 0.3) is 0 Å². The van der Waals surface area contributed by atoms with Crippen molar-refractivity contribution in [2.45, 2.75) is 19.5 Å². The first kappa shape index (κ1) is 15.3. The van der Waals surface area contributed by atoms with E-state index < -0.39 is 0 Å². The highest BCUT2D eigenvalue weighted by molar-refractivity contribution is 7.10. The number of urea groups is 1. The largest absolute Gasteiger partial charge is 0.362 e. The van der Waals surface area contributed by atoms with E-state index in [1.807, 2.05) is 55.6 Å². The number of hydrogen-bond acceptors (Lipinski definition) is 4. The second-order valence-corrected chi connectivity index (χ2v) is 5.92. The molecule has 1 atom stereocenters. The van der Waals surface area contributed by atoms with Crippen molar-refractivity contribution >= 4 is 23.2 Å². The van der Waals surface area contributed by atoms with Crippen LogP contribution in [0.1, 0.15) is 23.4 Å². The van der Waals surface area contributed by atoms with Crippen LogP contribution in [0.15, 0.2) is 35.8 Å². The summed E-state index contributed by atoms with van der Waals surface area (Å²) in [5.41, 5.74) is 0.987. The van der Waals surface area contributed by atoms with Gasteiger partial charge in [0, 0.05) is 37.3 Å². The first-order valence-corrected chi connectivity index (χ1v) is 7.65. The molecule has 5 nitrogen and oxygen atoms in total. The Labute approximate surface area is 129 Å². The van der Waals surface area contributed by atoms with Gasteiger partial charge < -0.3 is 15.5 Å². The summed E-state index contributed by atoms with van der Waals surface area (Å²) in [4.78, 5) is 19.3. The molecule has 112 valence electrons. The predicted molar refractivity (Wildman–Crippen MR) is 86.7 cm³/mol. The fourth-order valence-electron chi connectivity index (χ4n) is 2.00. The number of nitrogens with one attached hydrogen (secondary N) is 2. The van der Waals surface area contributed by atoms with Gasteiger partial charge in [-0.2, -0.15) is 0 Å². The number of amides is 2. The molecule has 2 aromatic rings. The molecule has 6 heteroatoms. The second kappa shape index (κ2) is 7.08. The highest BCUT2D eigenvalue weighted by Gasteiger charge is 2.11. The Morgan fingerprint density at radius 3 is 2.86 bits per heavy atom. The molecule has 21 heavy (non-hydrogen) atoms. The molecule has 2 amide bonds. The molecule has 0 saturated carbocycles. The third-order valence-corrected chi connectivity index (χ3v) is 4.10. The molecule has 0 aromatic carbocycles. The Morgan fingerprint density at radius 1 is 1.38 bits per heavy atom. The minimum Gasteiger partial charge on any atom is -0.362 e. The molecule has 2 N–H and O–H groups in total. The van der Waals surface area contributed by atoms with Crippen molar-refractivity contribution in [3.05, 3.63) is 46.3 Å². The summed E-state index contributed by atoms with van der Waals surface area (Å²) in [5.74, 6) is 0.865. The number of rotatable bonds is 5. The molecule has 0 aliphatic carbocycles. The molecule has 2 rings (SSSR count). The monoisotopic (exact) mass is 304 g/mol. The molecule has 0 unspecified atom stereocenters. The Kier molecular flexibility index (Phi) is 5.16. The minimum atomic E-state index is -0.176. The summed E-state index contributed by atoms with van der Waals surface area (Å²) in [6.45, 7) is 2.42. The minimum absolute atomic E-state index is 0.00668. The number of aromatic nitrogens is 1. The summed E-state index contributed by atoms with van der Waals surface area (Å²) in [7, 11) is 3.87. The van der Waals surface area contributed by atoms with E-state index >= 15 is 0 Å². The van der Waals surface area contributed by atoms with Gasteiger partial charge in [-0.3, -0.25) is 0 Å². The lowest BCUT2D eigenvalue weighted by Crippen LogP contribution is -2.36. The van der Waals surface area contributed by atoms with E-state index in [2.05, 4.69) is 15.6 Å². The maximum absolute atomic E-state index is 12.0. The zero-order valence-corrected chi connectivity index (χ0v) is 13.3. The zero-order chi connectivity index (χ0) is 15.2. The van der Waals surface area contributed by atoms with Gasteiger partial charge in [0.05, 0.1) is 6.04 Å². The Bertz CT molecular complexity index is 583. The molecule has 0 spiro atoms. The zero-order valence-electron chi connectivity index (χ0n) is 12.5. The number of carbonyl (C=O) groups excluding carboxylic acids is 1. The topological polar surface area (TPSA) is 57.3 Å². The third-order valence-electron chi connectivity index (χ3n) is 3.05. The van der Waals surface area contributed by atoms with Crippen LogP contribution in [0.25, 0.3) is 0 Å². The number of pyridine rings is 1. The lowest BCUT2D eigenvalue weighted by molar-refractivity contribution is 0.237. The van der Waals surface area contributed by atoms with Crippen LogP contribution in [0.5, 0.6) is 0 Å². The van der Waals surface area contributed by atoms with Crippen LogP contribution in [0.4, 0.5) is 10.6 Å². The number of anilines is 1. The fourth-order valence-corrected chi connectivity index (χ4v) is 2.74. The lowest BCUT2D eigenvalue weighted by Gasteiger charge is -2.17. The Morgan fingerprint density at radius 2 is 2.19 bits per heavy atom. The normalized spacial score (nSPS) is 11.8. The highest BCUT2D eigenvalue weighted by Crippen LogP contribution is 2.18. The van der Waals surface area contributed by atoms with Crippen molar-refractivity contribution in [3.63, 3.8) is 0 Å². The molecule has 0 bridgehead atoms. The van der Waals surface area contributed by atoms with Crippen LogP contribution in [0.3, 0.4) is 0 Å². The molecule has 2 aromatic heterocycles. The molecule has 2 heterocycles. The van der Waals surface area contributed by atoms with Gasteiger partial charge in [0.2, 0.25) is 0 Å². The quantitative estimate of drug-likeness (QED) is 0.893. The van der Waals surface area contributed by atoms with Gasteiger partial charge in [-0.1, -0.05) is 12.1 Å². The number of carbonyl (C=O) groups is 1. The van der Waals surface area contributed by atoms with Crippen molar-refractivity contribution in [1.82, 2.24) is 15.6 Å². The number of hydrogen-bond donors (Lipinski definition) is 2. The van der Waals surface area contributed by atoms with Crippen molar-refractivity contribution in [2.75, 3.05) is 19.0 Å². The Balaban J connectivity index is 1.90. The van der Waals surface area contributed by atoms with E-state index in [-0.39, 0.29) is 12.1 Å². The van der Waals surface area contributed by atoms with Crippen molar-refractivity contribution < 1.29 is 4.79 Å². The van der Waals surface area contributed by atoms with E-state index in [1.54, 1.807) is 17.5 Å². The summed E-state index contributed by atoms with van der Waals surface area (Å²) in [6, 6.07) is 7.66. The van der Waals surface area contributed by atoms with Gasteiger partial charge in [-0.15, -0.1) is 11.3 Å². The SMILES string of the molecule is C[C@H](NC(=O)NCc1cccnc1N(C)C)c1cccs1. The van der Waals surface area contributed by atoms with E-state index in [1.165, 1.54) is 0 Å². The maximum atomic E-state index is 12.0. The fraction of sp³-hybridized carbons (Fsp3) is 0.333. The van der Waals surface area contributed by atoms with Crippen molar-refractivity contribution in [2.24, 2.45) is 0 Å². The van der Waals surface area contributed by atoms with Crippen LogP contribution < -0.4 is 15.5 Å². The molecule has 0 aliphatic heterocycles. The van der Waals surface area contributed by atoms with Crippen LogP contribution in [-0.2, 0) is 6.54 Å². The predicted octanol–water partition coefficient (Wildman–Crippen LogP) is 2.77. The van der Waals surface area contributed by atoms with E-state index in [0.29, 0.717) is 6.54 Å².